The molecule has 1 N–H and O–H groups in total. The largest absolute Gasteiger partial charge is 0.381 e. The van der Waals surface area contributed by atoms with E-state index >= 15 is 0 Å². The van der Waals surface area contributed by atoms with Gasteiger partial charge in [0.15, 0.2) is 0 Å². The quantitative estimate of drug-likeness (QED) is 0.942. The standard InChI is InChI=1S/C18H21FN2O2/c1-14(21-10-2-3-11-21)17(22)20-18(8-12-23-13-9-18)15-4-6-16(19)7-5-15/h2-7,10-11,14H,8-9,12-13H2,1H3,(H,20,22)/t14-/m0/s1. The second kappa shape index (κ2) is 6.54. The van der Waals surface area contributed by atoms with Crippen LogP contribution in [0.3, 0.4) is 0 Å². The molecule has 0 aliphatic carbocycles. The van der Waals surface area contributed by atoms with Crippen LogP contribution in [0.4, 0.5) is 4.39 Å². The molecule has 23 heavy (non-hydrogen) atoms. The molecule has 0 saturated carbocycles. The maximum absolute atomic E-state index is 13.2. The van der Waals surface area contributed by atoms with Crippen LogP contribution in [0, 0.1) is 5.82 Å². The summed E-state index contributed by atoms with van der Waals surface area (Å²) in [6.07, 6.45) is 5.11. The van der Waals surface area contributed by atoms with E-state index in [9.17, 15) is 9.18 Å². The molecule has 0 spiro atoms. The van der Waals surface area contributed by atoms with Gasteiger partial charge in [-0.3, -0.25) is 4.79 Å². The Hall–Kier alpha value is -2.14. The SMILES string of the molecule is C[C@@H](C(=O)NC1(c2ccc(F)cc2)CCOCC1)n1cccc1. The number of benzene rings is 1. The van der Waals surface area contributed by atoms with Crippen LogP contribution in [0.25, 0.3) is 0 Å². The van der Waals surface area contributed by atoms with Crippen LogP contribution in [-0.2, 0) is 15.1 Å². The fourth-order valence-electron chi connectivity index (χ4n) is 3.06. The van der Waals surface area contributed by atoms with Crippen LogP contribution in [0.5, 0.6) is 0 Å². The first-order chi connectivity index (χ1) is 11.1. The van der Waals surface area contributed by atoms with Crippen molar-refractivity contribution in [3.8, 4) is 0 Å². The number of amides is 1. The molecule has 1 aliphatic rings. The maximum atomic E-state index is 13.2. The van der Waals surface area contributed by atoms with E-state index in [4.69, 9.17) is 4.74 Å². The minimum Gasteiger partial charge on any atom is -0.381 e. The molecule has 0 radical (unpaired) electrons. The summed E-state index contributed by atoms with van der Waals surface area (Å²) < 4.78 is 20.6. The number of hydrogen-bond donors (Lipinski definition) is 1. The topological polar surface area (TPSA) is 43.3 Å². The van der Waals surface area contributed by atoms with Gasteiger partial charge in [-0.15, -0.1) is 0 Å². The summed E-state index contributed by atoms with van der Waals surface area (Å²) in [4.78, 5) is 12.7. The molecular formula is C18H21FN2O2. The molecule has 122 valence electrons. The van der Waals surface area contributed by atoms with E-state index in [1.807, 2.05) is 36.0 Å². The number of aromatic nitrogens is 1. The fraction of sp³-hybridized carbons (Fsp3) is 0.389. The first-order valence-corrected chi connectivity index (χ1v) is 7.89. The minimum absolute atomic E-state index is 0.0487. The Kier molecular flexibility index (Phi) is 4.48. The number of rotatable bonds is 4. The van der Waals surface area contributed by atoms with Gasteiger partial charge in [-0.2, -0.15) is 0 Å². The predicted octanol–water partition coefficient (Wildman–Crippen LogP) is 3.01. The van der Waals surface area contributed by atoms with E-state index < -0.39 is 5.54 Å². The van der Waals surface area contributed by atoms with E-state index in [-0.39, 0.29) is 17.8 Å². The van der Waals surface area contributed by atoms with Gasteiger partial charge in [-0.1, -0.05) is 12.1 Å². The van der Waals surface area contributed by atoms with Gasteiger partial charge in [0, 0.05) is 25.6 Å². The van der Waals surface area contributed by atoms with Gasteiger partial charge in [0.2, 0.25) is 5.91 Å². The molecule has 2 aromatic rings. The average molecular weight is 316 g/mol. The van der Waals surface area contributed by atoms with Crippen LogP contribution >= 0.6 is 0 Å². The number of nitrogens with one attached hydrogen (secondary N) is 1. The van der Waals surface area contributed by atoms with Crippen molar-refractivity contribution in [3.05, 3.63) is 60.2 Å². The van der Waals surface area contributed by atoms with Crippen molar-refractivity contribution < 1.29 is 13.9 Å². The average Bonchev–Trinajstić information content (AvgIpc) is 3.10. The third kappa shape index (κ3) is 3.29. The van der Waals surface area contributed by atoms with Crippen molar-refractivity contribution in [1.82, 2.24) is 9.88 Å². The summed E-state index contributed by atoms with van der Waals surface area (Å²) in [5.74, 6) is -0.324. The van der Waals surface area contributed by atoms with E-state index in [1.54, 1.807) is 12.1 Å². The molecule has 4 nitrogen and oxygen atoms in total. The number of ether oxygens (including phenoxy) is 1. The summed E-state index contributed by atoms with van der Waals surface area (Å²) in [5, 5.41) is 3.19. The zero-order chi connectivity index (χ0) is 16.3. The lowest BCUT2D eigenvalue weighted by Crippen LogP contribution is -2.51. The highest BCUT2D eigenvalue weighted by molar-refractivity contribution is 5.81. The van der Waals surface area contributed by atoms with E-state index in [0.717, 1.165) is 5.56 Å². The molecule has 1 aromatic heterocycles. The van der Waals surface area contributed by atoms with Gasteiger partial charge >= 0.3 is 0 Å². The predicted molar refractivity (Wildman–Crippen MR) is 85.4 cm³/mol. The molecule has 3 rings (SSSR count). The highest BCUT2D eigenvalue weighted by Gasteiger charge is 2.37. The highest BCUT2D eigenvalue weighted by atomic mass is 19.1. The molecule has 5 heteroatoms. The number of hydrogen-bond acceptors (Lipinski definition) is 2. The molecule has 2 heterocycles. The molecule has 0 unspecified atom stereocenters. The van der Waals surface area contributed by atoms with E-state index in [2.05, 4.69) is 5.32 Å². The van der Waals surface area contributed by atoms with Crippen LogP contribution in [0.15, 0.2) is 48.8 Å². The molecule has 0 bridgehead atoms. The lowest BCUT2D eigenvalue weighted by atomic mass is 9.82. The first-order valence-electron chi connectivity index (χ1n) is 7.89. The molecule has 1 aliphatic heterocycles. The summed E-state index contributed by atoms with van der Waals surface area (Å²) in [5.41, 5.74) is 0.431. The van der Waals surface area contributed by atoms with Gasteiger partial charge in [0.25, 0.3) is 0 Å². The number of halogens is 1. The van der Waals surface area contributed by atoms with Crippen molar-refractivity contribution in [3.63, 3.8) is 0 Å². The Morgan fingerprint density at radius 2 is 1.83 bits per heavy atom. The van der Waals surface area contributed by atoms with E-state index in [0.29, 0.717) is 26.1 Å². The van der Waals surface area contributed by atoms with Crippen molar-refractivity contribution in [2.45, 2.75) is 31.3 Å². The molecule has 1 aromatic carbocycles. The Morgan fingerprint density at radius 1 is 1.22 bits per heavy atom. The second-order valence-corrected chi connectivity index (χ2v) is 6.00. The van der Waals surface area contributed by atoms with Crippen molar-refractivity contribution in [1.29, 1.82) is 0 Å². The number of nitrogens with zero attached hydrogens (tertiary/aromatic N) is 1. The lowest BCUT2D eigenvalue weighted by molar-refractivity contribution is -0.127. The molecule has 1 saturated heterocycles. The Morgan fingerprint density at radius 3 is 2.43 bits per heavy atom. The minimum atomic E-state index is -0.496. The molecule has 1 amide bonds. The summed E-state index contributed by atoms with van der Waals surface area (Å²) >= 11 is 0. The summed E-state index contributed by atoms with van der Waals surface area (Å²) in [6, 6.07) is 9.87. The normalized spacial score (nSPS) is 18.3. The number of carbonyl (C=O) groups excluding carboxylic acids is 1. The van der Waals surface area contributed by atoms with Crippen LogP contribution in [-0.4, -0.2) is 23.7 Å². The third-order valence-electron chi connectivity index (χ3n) is 4.56. The van der Waals surface area contributed by atoms with Crippen molar-refractivity contribution in [2.75, 3.05) is 13.2 Å². The second-order valence-electron chi connectivity index (χ2n) is 6.00. The zero-order valence-electron chi connectivity index (χ0n) is 13.2. The Bertz CT molecular complexity index is 646. The van der Waals surface area contributed by atoms with Gasteiger partial charge in [-0.05, 0) is 49.6 Å². The summed E-state index contributed by atoms with van der Waals surface area (Å²) in [7, 11) is 0. The third-order valence-corrected chi connectivity index (χ3v) is 4.56. The first kappa shape index (κ1) is 15.7. The van der Waals surface area contributed by atoms with Crippen molar-refractivity contribution in [2.24, 2.45) is 0 Å². The lowest BCUT2D eigenvalue weighted by Gasteiger charge is -2.39. The Balaban J connectivity index is 1.84. The smallest absolute Gasteiger partial charge is 0.243 e. The highest BCUT2D eigenvalue weighted by Crippen LogP contribution is 2.33. The number of carbonyl (C=O) groups is 1. The molecule has 1 fully saturated rings. The maximum Gasteiger partial charge on any atom is 0.243 e. The van der Waals surface area contributed by atoms with Crippen LogP contribution < -0.4 is 5.32 Å². The van der Waals surface area contributed by atoms with E-state index in [1.165, 1.54) is 12.1 Å². The van der Waals surface area contributed by atoms with Gasteiger partial charge < -0.3 is 14.6 Å². The fourth-order valence-corrected chi connectivity index (χ4v) is 3.06. The van der Waals surface area contributed by atoms with Crippen LogP contribution in [0.2, 0.25) is 0 Å². The summed E-state index contributed by atoms with van der Waals surface area (Å²) in [6.45, 7) is 3.03. The molecule has 1 atom stereocenters. The van der Waals surface area contributed by atoms with Crippen LogP contribution in [0.1, 0.15) is 31.4 Å². The monoisotopic (exact) mass is 316 g/mol. The molecular weight excluding hydrogens is 295 g/mol. The zero-order valence-corrected chi connectivity index (χ0v) is 13.2. The van der Waals surface area contributed by atoms with Crippen molar-refractivity contribution >= 4 is 5.91 Å². The Labute approximate surface area is 135 Å². The van der Waals surface area contributed by atoms with Gasteiger partial charge in [-0.25, -0.2) is 4.39 Å². The van der Waals surface area contributed by atoms with Gasteiger partial charge in [0.1, 0.15) is 11.9 Å². The van der Waals surface area contributed by atoms with Gasteiger partial charge in [0.05, 0.1) is 5.54 Å².